The molecule has 2 aromatic rings. The quantitative estimate of drug-likeness (QED) is 0.879. The number of nitrogens with one attached hydrogen (secondary N) is 1. The molecule has 1 aliphatic rings. The lowest BCUT2D eigenvalue weighted by Crippen LogP contribution is -2.36. The summed E-state index contributed by atoms with van der Waals surface area (Å²) in [6.45, 7) is 3.54. The maximum Gasteiger partial charge on any atom is 0.306 e. The number of rotatable bonds is 5. The third kappa shape index (κ3) is 3.64. The predicted molar refractivity (Wildman–Crippen MR) is 93.7 cm³/mol. The standard InChI is InChI=1S/C18H22N4O2/c1-2-13-5-3-4-6-15(13)21-16-11-17(20-12-19-16)22-9-7-14(8-10-22)18(23)24/h3-6,11-12,14H,2,7-10H2,1H3,(H,23,24)(H,19,20,21). The van der Waals surface area contributed by atoms with Crippen molar-refractivity contribution in [2.24, 2.45) is 5.92 Å². The van der Waals surface area contributed by atoms with Crippen LogP contribution in [0.4, 0.5) is 17.3 Å². The Labute approximate surface area is 141 Å². The van der Waals surface area contributed by atoms with Gasteiger partial charge in [0.1, 0.15) is 18.0 Å². The van der Waals surface area contributed by atoms with Crippen LogP contribution in [0.3, 0.4) is 0 Å². The van der Waals surface area contributed by atoms with Crippen LogP contribution in [0.1, 0.15) is 25.3 Å². The lowest BCUT2D eigenvalue weighted by molar-refractivity contribution is -0.142. The molecule has 1 aliphatic heterocycles. The van der Waals surface area contributed by atoms with Crippen molar-refractivity contribution in [2.45, 2.75) is 26.2 Å². The number of aryl methyl sites for hydroxylation is 1. The van der Waals surface area contributed by atoms with Crippen LogP contribution < -0.4 is 10.2 Å². The molecule has 1 saturated heterocycles. The second kappa shape index (κ2) is 7.29. The second-order valence-electron chi connectivity index (χ2n) is 6.00. The zero-order valence-electron chi connectivity index (χ0n) is 13.8. The lowest BCUT2D eigenvalue weighted by atomic mass is 9.97. The largest absolute Gasteiger partial charge is 0.481 e. The van der Waals surface area contributed by atoms with E-state index in [1.54, 1.807) is 6.33 Å². The predicted octanol–water partition coefficient (Wildman–Crippen LogP) is 3.08. The van der Waals surface area contributed by atoms with Crippen LogP contribution in [0, 0.1) is 5.92 Å². The van der Waals surface area contributed by atoms with Crippen molar-refractivity contribution in [2.75, 3.05) is 23.3 Å². The summed E-state index contributed by atoms with van der Waals surface area (Å²) < 4.78 is 0. The van der Waals surface area contributed by atoms with E-state index in [2.05, 4.69) is 33.2 Å². The van der Waals surface area contributed by atoms with Gasteiger partial charge in [0.15, 0.2) is 0 Å². The van der Waals surface area contributed by atoms with Crippen molar-refractivity contribution >= 4 is 23.3 Å². The number of carboxylic acids is 1. The molecule has 3 rings (SSSR count). The fourth-order valence-electron chi connectivity index (χ4n) is 3.03. The normalized spacial score (nSPS) is 15.3. The maximum atomic E-state index is 11.1. The summed E-state index contributed by atoms with van der Waals surface area (Å²) in [4.78, 5) is 21.8. The lowest BCUT2D eigenvalue weighted by Gasteiger charge is -2.31. The molecule has 0 aliphatic carbocycles. The van der Waals surface area contributed by atoms with E-state index in [1.165, 1.54) is 5.56 Å². The SMILES string of the molecule is CCc1ccccc1Nc1cc(N2CCC(C(=O)O)CC2)ncn1. The molecular weight excluding hydrogens is 304 g/mol. The molecule has 2 heterocycles. The van der Waals surface area contributed by atoms with Gasteiger partial charge in [-0.2, -0.15) is 0 Å². The highest BCUT2D eigenvalue weighted by Crippen LogP contribution is 2.25. The number of aliphatic carboxylic acids is 1. The van der Waals surface area contributed by atoms with Crippen LogP contribution in [-0.4, -0.2) is 34.1 Å². The number of nitrogens with zero attached hydrogens (tertiary/aromatic N) is 3. The fraction of sp³-hybridized carbons (Fsp3) is 0.389. The Bertz CT molecular complexity index is 712. The molecule has 1 aromatic heterocycles. The van der Waals surface area contributed by atoms with E-state index in [0.717, 1.165) is 23.7 Å². The average molecular weight is 326 g/mol. The van der Waals surface area contributed by atoms with E-state index in [4.69, 9.17) is 5.11 Å². The Hall–Kier alpha value is -2.63. The Morgan fingerprint density at radius 3 is 2.75 bits per heavy atom. The summed E-state index contributed by atoms with van der Waals surface area (Å²) in [5, 5.41) is 12.5. The van der Waals surface area contributed by atoms with Crippen molar-refractivity contribution in [1.29, 1.82) is 0 Å². The molecule has 0 bridgehead atoms. The number of hydrogen-bond donors (Lipinski definition) is 2. The highest BCUT2D eigenvalue weighted by atomic mass is 16.4. The van der Waals surface area contributed by atoms with Gasteiger partial charge in [0, 0.05) is 24.8 Å². The van der Waals surface area contributed by atoms with Crippen LogP contribution in [0.2, 0.25) is 0 Å². The smallest absolute Gasteiger partial charge is 0.306 e. The molecule has 0 unspecified atom stereocenters. The van der Waals surface area contributed by atoms with Gasteiger partial charge in [-0.1, -0.05) is 25.1 Å². The van der Waals surface area contributed by atoms with Crippen molar-refractivity contribution in [3.8, 4) is 0 Å². The number of carbonyl (C=O) groups is 1. The first-order valence-electron chi connectivity index (χ1n) is 8.32. The molecule has 126 valence electrons. The van der Waals surface area contributed by atoms with E-state index in [0.29, 0.717) is 25.9 Å². The van der Waals surface area contributed by atoms with Gasteiger partial charge in [0.05, 0.1) is 5.92 Å². The molecule has 1 fully saturated rings. The van der Waals surface area contributed by atoms with Crippen LogP contribution in [0.15, 0.2) is 36.7 Å². The maximum absolute atomic E-state index is 11.1. The zero-order valence-corrected chi connectivity index (χ0v) is 13.8. The highest BCUT2D eigenvalue weighted by Gasteiger charge is 2.25. The molecule has 0 atom stereocenters. The Morgan fingerprint density at radius 1 is 1.29 bits per heavy atom. The first-order valence-corrected chi connectivity index (χ1v) is 8.32. The third-order valence-corrected chi connectivity index (χ3v) is 4.48. The second-order valence-corrected chi connectivity index (χ2v) is 6.00. The van der Waals surface area contributed by atoms with Crippen molar-refractivity contribution in [1.82, 2.24) is 9.97 Å². The summed E-state index contributed by atoms with van der Waals surface area (Å²) in [5.74, 6) is 0.652. The minimum atomic E-state index is -0.698. The first kappa shape index (κ1) is 16.2. The minimum absolute atomic E-state index is 0.239. The van der Waals surface area contributed by atoms with Gasteiger partial charge in [-0.05, 0) is 30.9 Å². The number of carboxylic acid groups (broad SMARTS) is 1. The van der Waals surface area contributed by atoms with Gasteiger partial charge in [-0.3, -0.25) is 4.79 Å². The van der Waals surface area contributed by atoms with Gasteiger partial charge in [-0.15, -0.1) is 0 Å². The van der Waals surface area contributed by atoms with Crippen molar-refractivity contribution < 1.29 is 9.90 Å². The number of hydrogen-bond acceptors (Lipinski definition) is 5. The van der Waals surface area contributed by atoms with Crippen molar-refractivity contribution in [3.05, 3.63) is 42.2 Å². The van der Waals surface area contributed by atoms with E-state index < -0.39 is 5.97 Å². The minimum Gasteiger partial charge on any atom is -0.481 e. The van der Waals surface area contributed by atoms with E-state index in [1.807, 2.05) is 24.3 Å². The molecule has 6 nitrogen and oxygen atoms in total. The van der Waals surface area contributed by atoms with Crippen LogP contribution >= 0.6 is 0 Å². The molecule has 0 radical (unpaired) electrons. The summed E-state index contributed by atoms with van der Waals surface area (Å²) in [6.07, 6.45) is 3.81. The van der Waals surface area contributed by atoms with Gasteiger partial charge >= 0.3 is 5.97 Å². The van der Waals surface area contributed by atoms with Crippen LogP contribution in [0.25, 0.3) is 0 Å². The fourth-order valence-corrected chi connectivity index (χ4v) is 3.03. The van der Waals surface area contributed by atoms with Gasteiger partial charge in [0.25, 0.3) is 0 Å². The molecule has 1 aromatic carbocycles. The van der Waals surface area contributed by atoms with Crippen molar-refractivity contribution in [3.63, 3.8) is 0 Å². The molecule has 2 N–H and O–H groups in total. The summed E-state index contributed by atoms with van der Waals surface area (Å²) in [7, 11) is 0. The third-order valence-electron chi connectivity index (χ3n) is 4.48. The molecular formula is C18H22N4O2. The van der Waals surface area contributed by atoms with Crippen LogP contribution in [-0.2, 0) is 11.2 Å². The van der Waals surface area contributed by atoms with Gasteiger partial charge in [-0.25, -0.2) is 9.97 Å². The van der Waals surface area contributed by atoms with E-state index in [-0.39, 0.29) is 5.92 Å². The molecule has 0 saturated carbocycles. The highest BCUT2D eigenvalue weighted by molar-refractivity contribution is 5.70. The molecule has 0 spiro atoms. The summed E-state index contributed by atoms with van der Waals surface area (Å²) in [5.41, 5.74) is 2.29. The Balaban J connectivity index is 1.72. The monoisotopic (exact) mass is 326 g/mol. The molecule has 24 heavy (non-hydrogen) atoms. The number of para-hydroxylation sites is 1. The summed E-state index contributed by atoms with van der Waals surface area (Å²) in [6, 6.07) is 10.1. The number of piperidine rings is 1. The zero-order chi connectivity index (χ0) is 16.9. The Kier molecular flexibility index (Phi) is 4.93. The van der Waals surface area contributed by atoms with E-state index >= 15 is 0 Å². The van der Waals surface area contributed by atoms with Gasteiger partial charge < -0.3 is 15.3 Å². The van der Waals surface area contributed by atoms with E-state index in [9.17, 15) is 4.79 Å². The molecule has 6 heteroatoms. The Morgan fingerprint density at radius 2 is 2.04 bits per heavy atom. The number of aromatic nitrogens is 2. The topological polar surface area (TPSA) is 78.4 Å². The number of anilines is 3. The van der Waals surface area contributed by atoms with Gasteiger partial charge in [0.2, 0.25) is 0 Å². The summed E-state index contributed by atoms with van der Waals surface area (Å²) >= 11 is 0. The van der Waals surface area contributed by atoms with Crippen LogP contribution in [0.5, 0.6) is 0 Å². The average Bonchev–Trinajstić information content (AvgIpc) is 2.62. The molecule has 0 amide bonds. The first-order chi connectivity index (χ1) is 11.7. The number of benzene rings is 1.